The molecule has 0 bridgehead atoms. The monoisotopic (exact) mass is 650 g/mol. The zero-order valence-corrected chi connectivity index (χ0v) is 25.3. The first-order valence-corrected chi connectivity index (χ1v) is 15.9. The number of hydrogen-bond donors (Lipinski definition) is 0. The van der Waals surface area contributed by atoms with Gasteiger partial charge >= 0.3 is 0 Å². The maximum atomic E-state index is 15.0. The SMILES string of the molecule is O=C1c2oc3ccccc3c(=O)c2C2(C(=O)N(Cc3ccccc3F)c3ccccc32)N1c1nnc(SCc2ccc(F)cc2)s1. The molecule has 4 aromatic carbocycles. The smallest absolute Gasteiger partial charge is 0.297 e. The normalized spacial score (nSPS) is 16.9. The maximum Gasteiger partial charge on any atom is 0.297 e. The van der Waals surface area contributed by atoms with E-state index >= 15 is 0 Å². The van der Waals surface area contributed by atoms with Gasteiger partial charge in [0.25, 0.3) is 11.8 Å². The first kappa shape index (κ1) is 28.3. The summed E-state index contributed by atoms with van der Waals surface area (Å²) in [5, 5.41) is 8.90. The summed E-state index contributed by atoms with van der Waals surface area (Å²) < 4.78 is 34.9. The second-order valence-electron chi connectivity index (χ2n) is 10.7. The van der Waals surface area contributed by atoms with Crippen LogP contribution in [0.5, 0.6) is 0 Å². The predicted molar refractivity (Wildman–Crippen MR) is 170 cm³/mol. The average Bonchev–Trinajstić information content (AvgIpc) is 3.71. The number of fused-ring (bicyclic) bond motifs is 5. The van der Waals surface area contributed by atoms with E-state index in [1.165, 1.54) is 39.8 Å². The molecule has 8 rings (SSSR count). The van der Waals surface area contributed by atoms with Gasteiger partial charge in [0.15, 0.2) is 15.3 Å². The summed E-state index contributed by atoms with van der Waals surface area (Å²) in [7, 11) is 0. The number of aromatic nitrogens is 2. The lowest BCUT2D eigenvalue weighted by atomic mass is 9.84. The van der Waals surface area contributed by atoms with Gasteiger partial charge in [-0.1, -0.05) is 83.8 Å². The molecule has 46 heavy (non-hydrogen) atoms. The van der Waals surface area contributed by atoms with Crippen LogP contribution in [0.15, 0.2) is 111 Å². The Balaban J connectivity index is 1.31. The molecular formula is C34H20F2N4O4S2. The van der Waals surface area contributed by atoms with Gasteiger partial charge in [0, 0.05) is 16.9 Å². The zero-order chi connectivity index (χ0) is 31.6. The third kappa shape index (κ3) is 4.13. The summed E-state index contributed by atoms with van der Waals surface area (Å²) in [4.78, 5) is 46.3. The first-order chi connectivity index (χ1) is 22.4. The van der Waals surface area contributed by atoms with Crippen molar-refractivity contribution in [3.8, 4) is 0 Å². The van der Waals surface area contributed by atoms with E-state index in [1.54, 1.807) is 78.9 Å². The highest BCUT2D eigenvalue weighted by atomic mass is 32.2. The molecule has 4 heterocycles. The summed E-state index contributed by atoms with van der Waals surface area (Å²) in [6.07, 6.45) is 0. The van der Waals surface area contributed by atoms with Crippen LogP contribution in [0.2, 0.25) is 0 Å². The summed E-state index contributed by atoms with van der Waals surface area (Å²) in [5.41, 5.74) is -0.539. The number of amides is 2. The van der Waals surface area contributed by atoms with Crippen molar-refractivity contribution in [2.45, 2.75) is 22.2 Å². The molecule has 2 aliphatic heterocycles. The van der Waals surface area contributed by atoms with Gasteiger partial charge in [0.1, 0.15) is 17.2 Å². The van der Waals surface area contributed by atoms with Crippen LogP contribution in [0.25, 0.3) is 11.0 Å². The number of para-hydroxylation sites is 2. The molecular weight excluding hydrogens is 631 g/mol. The van der Waals surface area contributed by atoms with Gasteiger partial charge < -0.3 is 9.32 Å². The van der Waals surface area contributed by atoms with E-state index in [4.69, 9.17) is 4.42 Å². The van der Waals surface area contributed by atoms with Gasteiger partial charge in [0.05, 0.1) is 23.2 Å². The molecule has 1 atom stereocenters. The number of carbonyl (C=O) groups excluding carboxylic acids is 2. The number of halogens is 2. The van der Waals surface area contributed by atoms with Crippen molar-refractivity contribution in [1.29, 1.82) is 0 Å². The van der Waals surface area contributed by atoms with Crippen LogP contribution >= 0.6 is 23.1 Å². The van der Waals surface area contributed by atoms with Crippen LogP contribution in [-0.2, 0) is 22.6 Å². The van der Waals surface area contributed by atoms with E-state index in [0.29, 0.717) is 21.3 Å². The van der Waals surface area contributed by atoms with Crippen molar-refractivity contribution < 1.29 is 22.8 Å². The van der Waals surface area contributed by atoms with Gasteiger partial charge in [0.2, 0.25) is 10.9 Å². The lowest BCUT2D eigenvalue weighted by Gasteiger charge is -2.32. The standard InChI is InChI=1S/C34H20F2N4O4S2/c35-21-15-13-19(14-16-21)18-45-33-38-37-32(46-33)40-30(42)29-27(28(41)22-8-2-6-12-26(22)44-29)34(40)23-9-3-5-11-25(23)39(31(34)43)17-20-7-1-4-10-24(20)36/h1-16H,17-18H2. The fraction of sp³-hybridized carbons (Fsp3) is 0.0882. The molecule has 0 N–H and O–H groups in total. The van der Waals surface area contributed by atoms with Gasteiger partial charge in [-0.25, -0.2) is 8.78 Å². The Morgan fingerprint density at radius 2 is 1.59 bits per heavy atom. The third-order valence-electron chi connectivity index (χ3n) is 8.18. The predicted octanol–water partition coefficient (Wildman–Crippen LogP) is 6.67. The summed E-state index contributed by atoms with van der Waals surface area (Å²) in [6.45, 7) is -0.143. The first-order valence-electron chi connectivity index (χ1n) is 14.1. The molecule has 0 radical (unpaired) electrons. The number of hydrogen-bond acceptors (Lipinski definition) is 8. The molecule has 0 saturated carbocycles. The Morgan fingerprint density at radius 1 is 0.848 bits per heavy atom. The Morgan fingerprint density at radius 3 is 2.41 bits per heavy atom. The molecule has 0 aliphatic carbocycles. The molecule has 2 aliphatic rings. The molecule has 8 nitrogen and oxygen atoms in total. The fourth-order valence-electron chi connectivity index (χ4n) is 6.14. The van der Waals surface area contributed by atoms with E-state index in [1.807, 2.05) is 0 Å². The van der Waals surface area contributed by atoms with E-state index in [-0.39, 0.29) is 45.3 Å². The van der Waals surface area contributed by atoms with Crippen molar-refractivity contribution in [3.05, 3.63) is 147 Å². The molecule has 2 aromatic heterocycles. The minimum Gasteiger partial charge on any atom is -0.450 e. The molecule has 0 saturated heterocycles. The molecule has 2 amide bonds. The average molecular weight is 651 g/mol. The topological polar surface area (TPSA) is 96.6 Å². The van der Waals surface area contributed by atoms with Crippen LogP contribution in [-0.4, -0.2) is 22.0 Å². The molecule has 12 heteroatoms. The summed E-state index contributed by atoms with van der Waals surface area (Å²) >= 11 is 2.41. The molecule has 1 unspecified atom stereocenters. The van der Waals surface area contributed by atoms with Crippen molar-refractivity contribution >= 4 is 56.7 Å². The van der Waals surface area contributed by atoms with E-state index < -0.39 is 28.6 Å². The van der Waals surface area contributed by atoms with Crippen LogP contribution in [0.3, 0.4) is 0 Å². The Bertz CT molecular complexity index is 2270. The Hall–Kier alpha value is -5.20. The van der Waals surface area contributed by atoms with E-state index in [9.17, 15) is 23.2 Å². The number of benzene rings is 4. The van der Waals surface area contributed by atoms with Crippen LogP contribution < -0.4 is 15.2 Å². The quantitative estimate of drug-likeness (QED) is 0.147. The highest BCUT2D eigenvalue weighted by Crippen LogP contribution is 2.55. The van der Waals surface area contributed by atoms with Crippen molar-refractivity contribution in [1.82, 2.24) is 10.2 Å². The zero-order valence-electron chi connectivity index (χ0n) is 23.6. The highest BCUT2D eigenvalue weighted by Gasteiger charge is 2.66. The highest BCUT2D eigenvalue weighted by molar-refractivity contribution is 8.00. The molecule has 0 fully saturated rings. The maximum absolute atomic E-state index is 15.0. The van der Waals surface area contributed by atoms with Gasteiger partial charge in [-0.05, 0) is 42.0 Å². The van der Waals surface area contributed by atoms with Crippen LogP contribution in [0.1, 0.15) is 32.8 Å². The third-order valence-corrected chi connectivity index (χ3v) is 10.3. The number of rotatable bonds is 6. The number of nitrogens with zero attached hydrogens (tertiary/aromatic N) is 4. The minimum atomic E-state index is -1.99. The van der Waals surface area contributed by atoms with E-state index in [0.717, 1.165) is 16.9 Å². The second kappa shape index (κ2) is 10.7. The number of thioether (sulfide) groups is 1. The largest absolute Gasteiger partial charge is 0.450 e. The molecule has 6 aromatic rings. The van der Waals surface area contributed by atoms with E-state index in [2.05, 4.69) is 10.2 Å². The molecule has 226 valence electrons. The summed E-state index contributed by atoms with van der Waals surface area (Å²) in [6, 6.07) is 25.6. The Kier molecular flexibility index (Phi) is 6.59. The minimum absolute atomic E-state index is 0.0809. The van der Waals surface area contributed by atoms with Crippen molar-refractivity contribution in [2.75, 3.05) is 9.80 Å². The lowest BCUT2D eigenvalue weighted by Crippen LogP contribution is -2.53. The van der Waals surface area contributed by atoms with Crippen molar-refractivity contribution in [2.24, 2.45) is 0 Å². The van der Waals surface area contributed by atoms with Gasteiger partial charge in [-0.3, -0.25) is 19.3 Å². The van der Waals surface area contributed by atoms with Crippen LogP contribution in [0, 0.1) is 11.6 Å². The van der Waals surface area contributed by atoms with Crippen molar-refractivity contribution in [3.63, 3.8) is 0 Å². The number of carbonyl (C=O) groups is 2. The van der Waals surface area contributed by atoms with Gasteiger partial charge in [-0.2, -0.15) is 0 Å². The van der Waals surface area contributed by atoms with Crippen LogP contribution in [0.4, 0.5) is 19.6 Å². The fourth-order valence-corrected chi connectivity index (χ4v) is 7.99. The second-order valence-corrected chi connectivity index (χ2v) is 12.9. The summed E-state index contributed by atoms with van der Waals surface area (Å²) in [5.74, 6) is -1.99. The lowest BCUT2D eigenvalue weighted by molar-refractivity contribution is -0.121. The molecule has 1 spiro atoms. The Labute approximate surface area is 267 Å². The van der Waals surface area contributed by atoms with Gasteiger partial charge in [-0.15, -0.1) is 10.2 Å². The number of anilines is 2.